The van der Waals surface area contributed by atoms with Crippen LogP contribution in [0.4, 0.5) is 5.69 Å². The zero-order chi connectivity index (χ0) is 14.7. The van der Waals surface area contributed by atoms with Gasteiger partial charge >= 0.3 is 0 Å². The number of nitrogens with zero attached hydrogens (tertiary/aromatic N) is 1. The van der Waals surface area contributed by atoms with Gasteiger partial charge in [0.15, 0.2) is 0 Å². The number of hydrogen-bond donors (Lipinski definition) is 2. The summed E-state index contributed by atoms with van der Waals surface area (Å²) in [6.45, 7) is 5.89. The number of nitrogens with two attached hydrogens (primary N) is 1. The van der Waals surface area contributed by atoms with Gasteiger partial charge in [-0.3, -0.25) is 9.78 Å². The summed E-state index contributed by atoms with van der Waals surface area (Å²) in [7, 11) is 0. The fraction of sp³-hybridized carbons (Fsp3) is 0.333. The van der Waals surface area contributed by atoms with Crippen molar-refractivity contribution in [1.82, 2.24) is 10.3 Å². The fourth-order valence-corrected chi connectivity index (χ4v) is 3.05. The van der Waals surface area contributed by atoms with Gasteiger partial charge < -0.3 is 11.1 Å². The highest BCUT2D eigenvalue weighted by Crippen LogP contribution is 2.17. The first-order valence-electron chi connectivity index (χ1n) is 6.54. The van der Waals surface area contributed by atoms with E-state index >= 15 is 0 Å². The SMILES string of the molecule is Cc1ccc(CC(C)NC(=O)c2cc(N)cnc2C)s1. The molecule has 5 heteroatoms. The summed E-state index contributed by atoms with van der Waals surface area (Å²) in [5.41, 5.74) is 7.42. The standard InChI is InChI=1S/C15H19N3OS/c1-9(6-13-5-4-10(2)20-13)18-15(19)14-7-12(16)8-17-11(14)3/h4-5,7-9H,6,16H2,1-3H3,(H,18,19). The number of carbonyl (C=O) groups is 1. The summed E-state index contributed by atoms with van der Waals surface area (Å²) < 4.78 is 0. The minimum atomic E-state index is -0.122. The number of aromatic nitrogens is 1. The maximum Gasteiger partial charge on any atom is 0.253 e. The Morgan fingerprint density at radius 3 is 2.85 bits per heavy atom. The lowest BCUT2D eigenvalue weighted by Crippen LogP contribution is -2.34. The van der Waals surface area contributed by atoms with Gasteiger partial charge in [0.05, 0.1) is 23.1 Å². The summed E-state index contributed by atoms with van der Waals surface area (Å²) in [5.74, 6) is -0.122. The van der Waals surface area contributed by atoms with Crippen molar-refractivity contribution in [2.75, 3.05) is 5.73 Å². The molecule has 4 nitrogen and oxygen atoms in total. The molecule has 0 fully saturated rings. The Bertz CT molecular complexity index is 621. The number of anilines is 1. The lowest BCUT2D eigenvalue weighted by molar-refractivity contribution is 0.0939. The van der Waals surface area contributed by atoms with Crippen molar-refractivity contribution in [3.05, 3.63) is 45.4 Å². The van der Waals surface area contributed by atoms with Crippen LogP contribution in [0.2, 0.25) is 0 Å². The summed E-state index contributed by atoms with van der Waals surface area (Å²) in [4.78, 5) is 18.9. The molecule has 2 heterocycles. The Labute approximate surface area is 123 Å². The number of rotatable bonds is 4. The van der Waals surface area contributed by atoms with Gasteiger partial charge in [0.2, 0.25) is 0 Å². The van der Waals surface area contributed by atoms with Crippen LogP contribution in [-0.2, 0) is 6.42 Å². The number of thiophene rings is 1. The third kappa shape index (κ3) is 3.57. The van der Waals surface area contributed by atoms with Gasteiger partial charge in [-0.05, 0) is 39.0 Å². The average molecular weight is 289 g/mol. The van der Waals surface area contributed by atoms with Crippen LogP contribution in [0.25, 0.3) is 0 Å². The van der Waals surface area contributed by atoms with E-state index in [-0.39, 0.29) is 11.9 Å². The topological polar surface area (TPSA) is 68.0 Å². The number of aryl methyl sites for hydroxylation is 2. The van der Waals surface area contributed by atoms with E-state index in [2.05, 4.69) is 29.4 Å². The average Bonchev–Trinajstić information content (AvgIpc) is 2.77. The van der Waals surface area contributed by atoms with Crippen molar-refractivity contribution in [1.29, 1.82) is 0 Å². The Morgan fingerprint density at radius 1 is 1.45 bits per heavy atom. The number of nitrogen functional groups attached to an aromatic ring is 1. The summed E-state index contributed by atoms with van der Waals surface area (Å²) in [5, 5.41) is 2.99. The van der Waals surface area contributed by atoms with Crippen LogP contribution in [0, 0.1) is 13.8 Å². The van der Waals surface area contributed by atoms with E-state index in [1.165, 1.54) is 9.75 Å². The molecular formula is C15H19N3OS. The van der Waals surface area contributed by atoms with Crippen LogP contribution >= 0.6 is 11.3 Å². The zero-order valence-electron chi connectivity index (χ0n) is 11.9. The molecule has 1 amide bonds. The molecule has 0 bridgehead atoms. The van der Waals surface area contributed by atoms with Crippen LogP contribution in [0.5, 0.6) is 0 Å². The minimum absolute atomic E-state index is 0.0707. The van der Waals surface area contributed by atoms with Crippen molar-refractivity contribution in [2.24, 2.45) is 0 Å². The molecule has 0 aliphatic heterocycles. The van der Waals surface area contributed by atoms with Crippen molar-refractivity contribution < 1.29 is 4.79 Å². The second-order valence-corrected chi connectivity index (χ2v) is 6.37. The van der Waals surface area contributed by atoms with Gasteiger partial charge in [0, 0.05) is 22.2 Å². The Hall–Kier alpha value is -1.88. The number of pyridine rings is 1. The number of amides is 1. The fourth-order valence-electron chi connectivity index (χ4n) is 2.03. The van der Waals surface area contributed by atoms with Crippen LogP contribution in [-0.4, -0.2) is 16.9 Å². The van der Waals surface area contributed by atoms with E-state index in [0.29, 0.717) is 16.9 Å². The van der Waals surface area contributed by atoms with E-state index in [1.807, 2.05) is 13.8 Å². The molecule has 3 N–H and O–H groups in total. The Kier molecular flexibility index (Phi) is 4.39. The molecule has 1 atom stereocenters. The minimum Gasteiger partial charge on any atom is -0.397 e. The molecule has 2 aromatic rings. The van der Waals surface area contributed by atoms with Crippen molar-refractivity contribution in [3.8, 4) is 0 Å². The third-order valence-corrected chi connectivity index (χ3v) is 4.06. The summed E-state index contributed by atoms with van der Waals surface area (Å²) >= 11 is 1.76. The summed E-state index contributed by atoms with van der Waals surface area (Å²) in [6.07, 6.45) is 2.39. The van der Waals surface area contributed by atoms with E-state index in [1.54, 1.807) is 23.6 Å². The molecule has 0 radical (unpaired) electrons. The van der Waals surface area contributed by atoms with E-state index < -0.39 is 0 Å². The highest BCUT2D eigenvalue weighted by atomic mass is 32.1. The maximum atomic E-state index is 12.2. The zero-order valence-corrected chi connectivity index (χ0v) is 12.8. The molecule has 0 saturated heterocycles. The molecule has 0 spiro atoms. The van der Waals surface area contributed by atoms with E-state index in [9.17, 15) is 4.79 Å². The predicted octanol–water partition coefficient (Wildman–Crippen LogP) is 2.70. The van der Waals surface area contributed by atoms with Crippen LogP contribution < -0.4 is 11.1 Å². The Morgan fingerprint density at radius 2 is 2.20 bits per heavy atom. The molecule has 0 aliphatic rings. The van der Waals surface area contributed by atoms with Gasteiger partial charge in [-0.1, -0.05) is 0 Å². The first-order chi connectivity index (χ1) is 9.45. The molecule has 20 heavy (non-hydrogen) atoms. The van der Waals surface area contributed by atoms with Crippen molar-refractivity contribution in [2.45, 2.75) is 33.2 Å². The van der Waals surface area contributed by atoms with E-state index in [0.717, 1.165) is 6.42 Å². The largest absolute Gasteiger partial charge is 0.397 e. The maximum absolute atomic E-state index is 12.2. The quantitative estimate of drug-likeness (QED) is 0.909. The molecular weight excluding hydrogens is 270 g/mol. The van der Waals surface area contributed by atoms with Crippen molar-refractivity contribution >= 4 is 22.9 Å². The normalized spacial score (nSPS) is 12.2. The second kappa shape index (κ2) is 6.05. The first kappa shape index (κ1) is 14.5. The van der Waals surface area contributed by atoms with Gasteiger partial charge in [0.25, 0.3) is 5.91 Å². The predicted molar refractivity (Wildman–Crippen MR) is 83.1 cm³/mol. The van der Waals surface area contributed by atoms with Gasteiger partial charge in [-0.15, -0.1) is 11.3 Å². The lowest BCUT2D eigenvalue weighted by atomic mass is 10.1. The van der Waals surface area contributed by atoms with Gasteiger partial charge in [0.1, 0.15) is 0 Å². The molecule has 1 unspecified atom stereocenters. The second-order valence-electron chi connectivity index (χ2n) is 4.99. The van der Waals surface area contributed by atoms with Gasteiger partial charge in [-0.25, -0.2) is 0 Å². The van der Waals surface area contributed by atoms with Crippen LogP contribution in [0.15, 0.2) is 24.4 Å². The molecule has 0 saturated carbocycles. The molecule has 2 rings (SSSR count). The highest BCUT2D eigenvalue weighted by molar-refractivity contribution is 7.11. The molecule has 0 aromatic carbocycles. The molecule has 0 aliphatic carbocycles. The van der Waals surface area contributed by atoms with Gasteiger partial charge in [-0.2, -0.15) is 0 Å². The van der Waals surface area contributed by atoms with E-state index in [4.69, 9.17) is 5.73 Å². The smallest absolute Gasteiger partial charge is 0.253 e. The number of carbonyl (C=O) groups excluding carboxylic acids is 1. The van der Waals surface area contributed by atoms with Crippen LogP contribution in [0.1, 0.15) is 32.7 Å². The number of hydrogen-bond acceptors (Lipinski definition) is 4. The molecule has 2 aromatic heterocycles. The Balaban J connectivity index is 2.02. The van der Waals surface area contributed by atoms with Crippen molar-refractivity contribution in [3.63, 3.8) is 0 Å². The number of nitrogens with one attached hydrogen (secondary N) is 1. The molecule has 106 valence electrons. The first-order valence-corrected chi connectivity index (χ1v) is 7.35. The highest BCUT2D eigenvalue weighted by Gasteiger charge is 2.14. The summed E-state index contributed by atoms with van der Waals surface area (Å²) in [6, 6.07) is 5.94. The van der Waals surface area contributed by atoms with Crippen LogP contribution in [0.3, 0.4) is 0 Å². The third-order valence-electron chi connectivity index (χ3n) is 3.03. The lowest BCUT2D eigenvalue weighted by Gasteiger charge is -2.14. The monoisotopic (exact) mass is 289 g/mol.